The third kappa shape index (κ3) is 3.84. The predicted molar refractivity (Wildman–Crippen MR) is 118 cm³/mol. The zero-order valence-corrected chi connectivity index (χ0v) is 18.4. The number of amides is 2. The quantitative estimate of drug-likeness (QED) is 0.753. The molecule has 2 N–H and O–H groups in total. The van der Waals surface area contributed by atoms with Crippen LogP contribution in [0.25, 0.3) is 6.08 Å². The first-order chi connectivity index (χ1) is 15.0. The number of aliphatic hydroxyl groups excluding tert-OH is 1. The number of rotatable bonds is 5. The number of carbonyl (C=O) groups excluding carboxylic acids is 2. The molecule has 2 aliphatic heterocycles. The number of nitrogens with zero attached hydrogens (tertiary/aromatic N) is 2. The highest BCUT2D eigenvalue weighted by Crippen LogP contribution is 2.48. The molecule has 7 nitrogen and oxygen atoms in total. The third-order valence-corrected chi connectivity index (χ3v) is 7.38. The summed E-state index contributed by atoms with van der Waals surface area (Å²) < 4.78 is 1.70. The molecule has 1 aromatic rings. The Balaban J connectivity index is 1.68. The molecule has 0 spiro atoms. The highest BCUT2D eigenvalue weighted by Gasteiger charge is 2.56. The highest BCUT2D eigenvalue weighted by molar-refractivity contribution is 5.83. The summed E-state index contributed by atoms with van der Waals surface area (Å²) in [5, 5.41) is 13.3. The number of allylic oxidation sites excluding steroid dienone is 1. The Bertz CT molecular complexity index is 931. The average molecular weight is 428 g/mol. The molecule has 31 heavy (non-hydrogen) atoms. The van der Waals surface area contributed by atoms with E-state index in [1.54, 1.807) is 21.6 Å². The molecule has 0 aromatic carbocycles. The lowest BCUT2D eigenvalue weighted by molar-refractivity contribution is -0.134. The van der Waals surface area contributed by atoms with Crippen molar-refractivity contribution in [2.45, 2.75) is 64.6 Å². The molecule has 1 saturated carbocycles. The number of hydrogen-bond donors (Lipinski definition) is 2. The molecule has 2 fully saturated rings. The van der Waals surface area contributed by atoms with Crippen LogP contribution in [0.15, 0.2) is 23.0 Å². The molecule has 4 rings (SSSR count). The van der Waals surface area contributed by atoms with E-state index < -0.39 is 17.9 Å². The summed E-state index contributed by atoms with van der Waals surface area (Å²) in [6.07, 6.45) is 9.52. The minimum atomic E-state index is -0.566. The summed E-state index contributed by atoms with van der Waals surface area (Å²) in [4.78, 5) is 40.7. The van der Waals surface area contributed by atoms with E-state index in [2.05, 4.69) is 5.32 Å². The van der Waals surface area contributed by atoms with Crippen LogP contribution >= 0.6 is 0 Å². The van der Waals surface area contributed by atoms with Crippen molar-refractivity contribution in [3.05, 3.63) is 39.8 Å². The van der Waals surface area contributed by atoms with Gasteiger partial charge >= 0.3 is 0 Å². The maximum absolute atomic E-state index is 13.4. The van der Waals surface area contributed by atoms with Crippen molar-refractivity contribution in [2.75, 3.05) is 13.2 Å². The van der Waals surface area contributed by atoms with Gasteiger partial charge in [-0.05, 0) is 37.8 Å². The van der Waals surface area contributed by atoms with Gasteiger partial charge in [-0.15, -0.1) is 0 Å². The molecule has 7 heteroatoms. The van der Waals surface area contributed by atoms with Gasteiger partial charge in [-0.1, -0.05) is 31.4 Å². The summed E-state index contributed by atoms with van der Waals surface area (Å²) in [5.74, 6) is -0.727. The summed E-state index contributed by atoms with van der Waals surface area (Å²) in [7, 11) is 0. The van der Waals surface area contributed by atoms with Crippen molar-refractivity contribution in [1.29, 1.82) is 0 Å². The molecule has 3 heterocycles. The largest absolute Gasteiger partial charge is 0.396 e. The molecule has 1 aromatic heterocycles. The minimum Gasteiger partial charge on any atom is -0.396 e. The van der Waals surface area contributed by atoms with Crippen LogP contribution in [-0.2, 0) is 16.1 Å². The normalized spacial score (nSPS) is 28.0. The number of hydrogen-bond acceptors (Lipinski definition) is 4. The Hall–Kier alpha value is -2.41. The Labute approximate surface area is 183 Å². The van der Waals surface area contributed by atoms with E-state index in [-0.39, 0.29) is 30.0 Å². The zero-order chi connectivity index (χ0) is 22.1. The molecule has 3 aliphatic rings. The zero-order valence-electron chi connectivity index (χ0n) is 18.4. The van der Waals surface area contributed by atoms with E-state index in [1.807, 2.05) is 19.1 Å². The molecule has 0 radical (unpaired) electrons. The van der Waals surface area contributed by atoms with Crippen molar-refractivity contribution >= 4 is 17.9 Å². The van der Waals surface area contributed by atoms with Gasteiger partial charge in [0.1, 0.15) is 0 Å². The van der Waals surface area contributed by atoms with E-state index >= 15 is 0 Å². The van der Waals surface area contributed by atoms with Crippen LogP contribution < -0.4 is 10.9 Å². The van der Waals surface area contributed by atoms with Crippen molar-refractivity contribution in [3.8, 4) is 0 Å². The second-order valence-corrected chi connectivity index (χ2v) is 9.19. The fraction of sp³-hybridized carbons (Fsp3) is 0.625. The van der Waals surface area contributed by atoms with Crippen LogP contribution in [0.5, 0.6) is 0 Å². The predicted octanol–water partition coefficient (Wildman–Crippen LogP) is 2.09. The van der Waals surface area contributed by atoms with Crippen molar-refractivity contribution in [3.63, 3.8) is 0 Å². The molecule has 2 amide bonds. The number of nitrogens with one attached hydrogen (secondary N) is 1. The SMILES string of the molecule is C/C=C/c1ccc2n(c1=O)C[C@@H]1[C@@H](CO)[C@H](C(=O)NCC3CCCCC3)[C@H]2N1C(C)=O. The summed E-state index contributed by atoms with van der Waals surface area (Å²) in [6.45, 7) is 4.10. The molecule has 4 atom stereocenters. The fourth-order valence-corrected chi connectivity index (χ4v) is 5.91. The van der Waals surface area contributed by atoms with Crippen LogP contribution in [0.2, 0.25) is 0 Å². The van der Waals surface area contributed by atoms with Crippen LogP contribution in [0.3, 0.4) is 0 Å². The number of aromatic nitrogens is 1. The van der Waals surface area contributed by atoms with Gasteiger partial charge < -0.3 is 19.9 Å². The summed E-state index contributed by atoms with van der Waals surface area (Å²) in [6, 6.07) is 2.71. The molecule has 168 valence electrons. The van der Waals surface area contributed by atoms with Gasteiger partial charge in [0.05, 0.1) is 18.0 Å². The van der Waals surface area contributed by atoms with Crippen LogP contribution in [-0.4, -0.2) is 45.6 Å². The van der Waals surface area contributed by atoms with Gasteiger partial charge in [0.25, 0.3) is 5.56 Å². The van der Waals surface area contributed by atoms with Gasteiger partial charge in [0, 0.05) is 43.8 Å². The Morgan fingerprint density at radius 2 is 1.97 bits per heavy atom. The topological polar surface area (TPSA) is 91.6 Å². The highest BCUT2D eigenvalue weighted by atomic mass is 16.3. The van der Waals surface area contributed by atoms with Crippen LogP contribution in [0, 0.1) is 17.8 Å². The first-order valence-corrected chi connectivity index (χ1v) is 11.5. The molecule has 1 aliphatic carbocycles. The van der Waals surface area contributed by atoms with Crippen molar-refractivity contribution in [2.24, 2.45) is 17.8 Å². The van der Waals surface area contributed by atoms with E-state index in [0.717, 1.165) is 12.8 Å². The standard InChI is InChI=1S/C24H33N3O4/c1-3-7-17-10-11-19-22-21(23(30)25-12-16-8-5-4-6-9-16)18(14-28)20(27(22)15(2)29)13-26(19)24(17)31/h3,7,10-11,16,18,20-22,28H,4-6,8-9,12-14H2,1-2H3,(H,25,30)/b7-3+/t18-,20-,21+,22+/m1/s1. The maximum Gasteiger partial charge on any atom is 0.258 e. The van der Waals surface area contributed by atoms with Crippen LogP contribution in [0.4, 0.5) is 0 Å². The lowest BCUT2D eigenvalue weighted by Crippen LogP contribution is -2.48. The second-order valence-electron chi connectivity index (χ2n) is 9.19. The number of carbonyl (C=O) groups is 2. The number of pyridine rings is 1. The minimum absolute atomic E-state index is 0.117. The lowest BCUT2D eigenvalue weighted by Gasteiger charge is -2.37. The first-order valence-electron chi connectivity index (χ1n) is 11.5. The lowest BCUT2D eigenvalue weighted by atomic mass is 9.85. The molecular formula is C24H33N3O4. The van der Waals surface area contributed by atoms with Crippen LogP contribution in [0.1, 0.15) is 63.3 Å². The molecular weight excluding hydrogens is 394 g/mol. The summed E-state index contributed by atoms with van der Waals surface area (Å²) in [5.41, 5.74) is 1.15. The number of fused-ring (bicyclic) bond motifs is 4. The molecule has 1 saturated heterocycles. The van der Waals surface area contributed by atoms with Gasteiger partial charge in [0.15, 0.2) is 0 Å². The Kier molecular flexibility index (Phi) is 6.32. The molecule has 2 bridgehead atoms. The number of aliphatic hydroxyl groups is 1. The van der Waals surface area contributed by atoms with Gasteiger partial charge in [-0.25, -0.2) is 0 Å². The van der Waals surface area contributed by atoms with Gasteiger partial charge in [-0.2, -0.15) is 0 Å². The Morgan fingerprint density at radius 3 is 2.61 bits per heavy atom. The average Bonchev–Trinajstić information content (AvgIpc) is 3.02. The van der Waals surface area contributed by atoms with E-state index in [9.17, 15) is 19.5 Å². The van der Waals surface area contributed by atoms with Crippen molar-refractivity contribution < 1.29 is 14.7 Å². The van der Waals surface area contributed by atoms with Gasteiger partial charge in [0.2, 0.25) is 11.8 Å². The second kappa shape index (κ2) is 8.99. The molecule has 0 unspecified atom stereocenters. The van der Waals surface area contributed by atoms with E-state index in [0.29, 0.717) is 30.3 Å². The maximum atomic E-state index is 13.4. The third-order valence-electron chi connectivity index (χ3n) is 7.38. The smallest absolute Gasteiger partial charge is 0.258 e. The monoisotopic (exact) mass is 427 g/mol. The van der Waals surface area contributed by atoms with Crippen molar-refractivity contribution in [1.82, 2.24) is 14.8 Å². The summed E-state index contributed by atoms with van der Waals surface area (Å²) >= 11 is 0. The van der Waals surface area contributed by atoms with E-state index in [4.69, 9.17) is 0 Å². The van der Waals surface area contributed by atoms with E-state index in [1.165, 1.54) is 26.2 Å². The fourth-order valence-electron chi connectivity index (χ4n) is 5.91. The first kappa shape index (κ1) is 21.8. The van der Waals surface area contributed by atoms with Gasteiger partial charge in [-0.3, -0.25) is 14.4 Å². The Morgan fingerprint density at radius 1 is 1.23 bits per heavy atom.